The Hall–Kier alpha value is -3.48. The van der Waals surface area contributed by atoms with Gasteiger partial charge in [0.2, 0.25) is 0 Å². The molecule has 7 nitrogen and oxygen atoms in total. The number of hydrazone groups is 1. The number of hydrogen-bond acceptors (Lipinski definition) is 5. The highest BCUT2D eigenvalue weighted by Gasteiger charge is 2.09. The van der Waals surface area contributed by atoms with Gasteiger partial charge in [0.15, 0.2) is 0 Å². The summed E-state index contributed by atoms with van der Waals surface area (Å²) in [6, 6.07) is 12.6. The summed E-state index contributed by atoms with van der Waals surface area (Å²) in [6.07, 6.45) is 1.50. The lowest BCUT2D eigenvalue weighted by molar-refractivity contribution is 0.0951. The lowest BCUT2D eigenvalue weighted by Crippen LogP contribution is -2.17. The van der Waals surface area contributed by atoms with Crippen molar-refractivity contribution in [1.82, 2.24) is 10.4 Å². The van der Waals surface area contributed by atoms with Gasteiger partial charge >= 0.3 is 0 Å². The van der Waals surface area contributed by atoms with Gasteiger partial charge in [-0.3, -0.25) is 4.79 Å². The Balaban J connectivity index is 1.75. The van der Waals surface area contributed by atoms with Crippen LogP contribution in [0.2, 0.25) is 0 Å². The second-order valence-corrected chi connectivity index (χ2v) is 5.44. The van der Waals surface area contributed by atoms with Crippen LogP contribution in [0.1, 0.15) is 16.1 Å². The highest BCUT2D eigenvalue weighted by atomic mass is 16.5. The summed E-state index contributed by atoms with van der Waals surface area (Å²) in [5, 5.41) is 4.91. The van der Waals surface area contributed by atoms with E-state index in [9.17, 15) is 4.79 Å². The molecular formula is C19H19N3O4. The minimum absolute atomic E-state index is 0.349. The van der Waals surface area contributed by atoms with Crippen molar-refractivity contribution >= 4 is 23.0 Å². The Morgan fingerprint density at radius 1 is 1.00 bits per heavy atom. The number of carbonyl (C=O) groups excluding carboxylic acids is 1. The Labute approximate surface area is 150 Å². The Morgan fingerprint density at radius 2 is 1.73 bits per heavy atom. The highest BCUT2D eigenvalue weighted by molar-refractivity contribution is 5.98. The monoisotopic (exact) mass is 353 g/mol. The molecule has 0 spiro atoms. The summed E-state index contributed by atoms with van der Waals surface area (Å²) in [5.41, 5.74) is 4.40. The first kappa shape index (κ1) is 17.3. The van der Waals surface area contributed by atoms with Crippen molar-refractivity contribution in [3.8, 4) is 17.2 Å². The van der Waals surface area contributed by atoms with Gasteiger partial charge in [-0.25, -0.2) is 5.43 Å². The number of methoxy groups -OCH3 is 3. The Morgan fingerprint density at radius 3 is 2.46 bits per heavy atom. The molecule has 1 heterocycles. The number of benzene rings is 2. The number of hydrogen-bond donors (Lipinski definition) is 2. The number of H-pyrrole nitrogens is 1. The molecule has 1 amide bonds. The molecule has 0 aliphatic heterocycles. The largest absolute Gasteiger partial charge is 0.497 e. The van der Waals surface area contributed by atoms with Crippen molar-refractivity contribution in [2.45, 2.75) is 0 Å². The summed E-state index contributed by atoms with van der Waals surface area (Å²) >= 11 is 0. The maximum Gasteiger partial charge on any atom is 0.287 e. The minimum atomic E-state index is -0.349. The summed E-state index contributed by atoms with van der Waals surface area (Å²) in [5.74, 6) is 1.66. The van der Waals surface area contributed by atoms with Crippen LogP contribution in [0.4, 0.5) is 0 Å². The van der Waals surface area contributed by atoms with Crippen LogP contribution in [0.15, 0.2) is 47.6 Å². The van der Waals surface area contributed by atoms with E-state index < -0.39 is 0 Å². The zero-order chi connectivity index (χ0) is 18.5. The van der Waals surface area contributed by atoms with E-state index in [0.717, 1.165) is 16.7 Å². The molecule has 7 heteroatoms. The molecule has 0 aliphatic rings. The van der Waals surface area contributed by atoms with Crippen LogP contribution in [0.3, 0.4) is 0 Å². The number of aromatic amines is 1. The standard InChI is InChI=1S/C19H19N3O4/c1-24-14-6-7-18(26-3)13(8-14)11-20-22-19(23)17-9-12-4-5-15(25-2)10-16(12)21-17/h4-11,21H,1-3H3,(H,22,23)/b20-11-. The van der Waals surface area contributed by atoms with Crippen LogP contribution in [0, 0.1) is 0 Å². The summed E-state index contributed by atoms with van der Waals surface area (Å²) in [6.45, 7) is 0. The number of nitrogens with zero attached hydrogens (tertiary/aromatic N) is 1. The number of aromatic nitrogens is 1. The third-order valence-electron chi connectivity index (χ3n) is 3.88. The van der Waals surface area contributed by atoms with Gasteiger partial charge in [0, 0.05) is 22.5 Å². The average Bonchev–Trinajstić information content (AvgIpc) is 3.11. The predicted molar refractivity (Wildman–Crippen MR) is 99.5 cm³/mol. The van der Waals surface area contributed by atoms with Gasteiger partial charge in [0.25, 0.3) is 5.91 Å². The lowest BCUT2D eigenvalue weighted by Gasteiger charge is -2.06. The van der Waals surface area contributed by atoms with Crippen LogP contribution in [0.5, 0.6) is 17.2 Å². The van der Waals surface area contributed by atoms with Gasteiger partial charge in [-0.15, -0.1) is 0 Å². The molecule has 0 saturated heterocycles. The van der Waals surface area contributed by atoms with Crippen molar-refractivity contribution < 1.29 is 19.0 Å². The number of fused-ring (bicyclic) bond motifs is 1. The summed E-state index contributed by atoms with van der Waals surface area (Å²) in [7, 11) is 4.74. The molecule has 3 aromatic rings. The Bertz CT molecular complexity index is 963. The van der Waals surface area contributed by atoms with E-state index in [0.29, 0.717) is 22.8 Å². The van der Waals surface area contributed by atoms with Crippen molar-refractivity contribution in [1.29, 1.82) is 0 Å². The van der Waals surface area contributed by atoms with E-state index in [1.54, 1.807) is 45.6 Å². The van der Waals surface area contributed by atoms with Crippen molar-refractivity contribution in [3.05, 3.63) is 53.7 Å². The topological polar surface area (TPSA) is 84.9 Å². The molecule has 0 aliphatic carbocycles. The molecule has 3 rings (SSSR count). The average molecular weight is 353 g/mol. The van der Waals surface area contributed by atoms with Crippen LogP contribution in [-0.4, -0.2) is 38.4 Å². The fourth-order valence-electron chi connectivity index (χ4n) is 2.52. The molecule has 0 unspecified atom stereocenters. The third-order valence-corrected chi connectivity index (χ3v) is 3.88. The molecule has 0 radical (unpaired) electrons. The molecule has 0 fully saturated rings. The zero-order valence-corrected chi connectivity index (χ0v) is 14.7. The van der Waals surface area contributed by atoms with E-state index in [2.05, 4.69) is 15.5 Å². The molecule has 0 atom stereocenters. The van der Waals surface area contributed by atoms with E-state index in [-0.39, 0.29) is 5.91 Å². The van der Waals surface area contributed by atoms with Crippen LogP contribution in [0.25, 0.3) is 10.9 Å². The molecule has 0 bridgehead atoms. The second-order valence-electron chi connectivity index (χ2n) is 5.44. The Kier molecular flexibility index (Phi) is 5.07. The van der Waals surface area contributed by atoms with Crippen LogP contribution in [-0.2, 0) is 0 Å². The van der Waals surface area contributed by atoms with Crippen LogP contribution >= 0.6 is 0 Å². The van der Waals surface area contributed by atoms with Gasteiger partial charge in [0.05, 0.1) is 27.5 Å². The first-order valence-corrected chi connectivity index (χ1v) is 7.87. The van der Waals surface area contributed by atoms with Crippen molar-refractivity contribution in [2.75, 3.05) is 21.3 Å². The quantitative estimate of drug-likeness (QED) is 0.527. The smallest absolute Gasteiger partial charge is 0.287 e. The fraction of sp³-hybridized carbons (Fsp3) is 0.158. The van der Waals surface area contributed by atoms with E-state index in [1.807, 2.05) is 18.2 Å². The molecule has 2 aromatic carbocycles. The van der Waals surface area contributed by atoms with Gasteiger partial charge in [-0.05, 0) is 36.4 Å². The molecule has 0 saturated carbocycles. The van der Waals surface area contributed by atoms with Crippen molar-refractivity contribution in [3.63, 3.8) is 0 Å². The minimum Gasteiger partial charge on any atom is -0.497 e. The van der Waals surface area contributed by atoms with Gasteiger partial charge in [-0.2, -0.15) is 5.10 Å². The van der Waals surface area contributed by atoms with Gasteiger partial charge in [-0.1, -0.05) is 0 Å². The highest BCUT2D eigenvalue weighted by Crippen LogP contribution is 2.23. The van der Waals surface area contributed by atoms with E-state index in [1.165, 1.54) is 6.21 Å². The number of ether oxygens (including phenoxy) is 3. The fourth-order valence-corrected chi connectivity index (χ4v) is 2.52. The SMILES string of the molecule is COc1ccc(OC)c(/C=N\NC(=O)c2cc3ccc(OC)cc3[nH]2)c1. The summed E-state index contributed by atoms with van der Waals surface area (Å²) < 4.78 is 15.6. The first-order chi connectivity index (χ1) is 12.6. The van der Waals surface area contributed by atoms with Crippen LogP contribution < -0.4 is 19.6 Å². The predicted octanol–water partition coefficient (Wildman–Crippen LogP) is 2.96. The number of nitrogens with one attached hydrogen (secondary N) is 2. The van der Waals surface area contributed by atoms with Crippen molar-refractivity contribution in [2.24, 2.45) is 5.10 Å². The molecule has 1 aromatic heterocycles. The number of amides is 1. The normalized spacial score (nSPS) is 10.9. The third kappa shape index (κ3) is 3.61. The molecule has 2 N–H and O–H groups in total. The maximum absolute atomic E-state index is 12.3. The zero-order valence-electron chi connectivity index (χ0n) is 14.7. The van der Waals surface area contributed by atoms with Gasteiger partial charge in [0.1, 0.15) is 22.9 Å². The lowest BCUT2D eigenvalue weighted by atomic mass is 10.2. The van der Waals surface area contributed by atoms with E-state index >= 15 is 0 Å². The van der Waals surface area contributed by atoms with Gasteiger partial charge < -0.3 is 19.2 Å². The first-order valence-electron chi connectivity index (χ1n) is 7.87. The molecule has 134 valence electrons. The number of carbonyl (C=O) groups is 1. The van der Waals surface area contributed by atoms with E-state index in [4.69, 9.17) is 14.2 Å². The second kappa shape index (κ2) is 7.60. The summed E-state index contributed by atoms with van der Waals surface area (Å²) in [4.78, 5) is 15.3. The molecule has 26 heavy (non-hydrogen) atoms. The number of rotatable bonds is 6. The maximum atomic E-state index is 12.3. The molecular weight excluding hydrogens is 334 g/mol.